The Morgan fingerprint density at radius 1 is 0.299 bits per heavy atom. The predicted molar refractivity (Wildman–Crippen MR) is 336 cm³/mol. The summed E-state index contributed by atoms with van der Waals surface area (Å²) in [5, 5.41) is 3.91. The number of hydrogen-bond acceptors (Lipinski definition) is 7. The molecule has 0 N–H and O–H groups in total. The molecule has 0 fully saturated rings. The van der Waals surface area contributed by atoms with Crippen LogP contribution in [0.1, 0.15) is 11.1 Å². The van der Waals surface area contributed by atoms with E-state index in [1.807, 2.05) is 34.0 Å². The van der Waals surface area contributed by atoms with Crippen LogP contribution in [0.5, 0.6) is 0 Å². The molecule has 13 aromatic rings. The van der Waals surface area contributed by atoms with Gasteiger partial charge in [-0.05, 0) is 150 Å². The fraction of sp³-hybridized carbons (Fsp3) is 0.0294. The molecular formula is C68H44B2N4S3. The minimum atomic E-state index is 0.105. The first-order valence-electron chi connectivity index (χ1n) is 26.5. The molecule has 0 bridgehead atoms. The first kappa shape index (κ1) is 43.6. The monoisotopic (exact) mass is 1030 g/mol. The largest absolute Gasteiger partial charge is 0.311 e. The average Bonchev–Trinajstić information content (AvgIpc) is 4.41. The number of aryl methyl sites for hydroxylation is 2. The van der Waals surface area contributed by atoms with E-state index in [0.29, 0.717) is 0 Å². The van der Waals surface area contributed by atoms with Gasteiger partial charge in [0.15, 0.2) is 0 Å². The molecule has 0 radical (unpaired) electrons. The summed E-state index contributed by atoms with van der Waals surface area (Å²) in [5.41, 5.74) is 23.7. The molecular weight excluding hydrogens is 991 g/mol. The third-order valence-corrected chi connectivity index (χ3v) is 20.1. The van der Waals surface area contributed by atoms with Crippen molar-refractivity contribution >= 4 is 177 Å². The number of rotatable bonds is 5. The van der Waals surface area contributed by atoms with Gasteiger partial charge in [-0.1, -0.05) is 133 Å². The third kappa shape index (κ3) is 6.22. The van der Waals surface area contributed by atoms with Crippen molar-refractivity contribution in [3.05, 3.63) is 242 Å². The molecule has 77 heavy (non-hydrogen) atoms. The molecule has 0 spiro atoms. The zero-order chi connectivity index (χ0) is 50.6. The van der Waals surface area contributed by atoms with Gasteiger partial charge in [0.2, 0.25) is 0 Å². The molecule has 0 amide bonds. The number of fused-ring (bicyclic) bond motifs is 14. The van der Waals surface area contributed by atoms with Crippen LogP contribution in [0, 0.1) is 13.8 Å². The lowest BCUT2D eigenvalue weighted by atomic mass is 9.36. The second-order valence-corrected chi connectivity index (χ2v) is 24.1. The van der Waals surface area contributed by atoms with Crippen molar-refractivity contribution in [1.29, 1.82) is 0 Å². The molecule has 9 heteroatoms. The maximum Gasteiger partial charge on any atom is 0.277 e. The van der Waals surface area contributed by atoms with E-state index in [1.54, 1.807) is 0 Å². The van der Waals surface area contributed by atoms with Crippen molar-refractivity contribution in [3.63, 3.8) is 0 Å². The number of nitrogens with zero attached hydrogens (tertiary/aromatic N) is 4. The lowest BCUT2D eigenvalue weighted by Crippen LogP contribution is -2.60. The van der Waals surface area contributed by atoms with Crippen molar-refractivity contribution in [1.82, 2.24) is 0 Å². The quantitative estimate of drug-likeness (QED) is 0.159. The van der Waals surface area contributed by atoms with Gasteiger partial charge in [-0.15, -0.1) is 34.0 Å². The summed E-state index contributed by atoms with van der Waals surface area (Å²) in [7, 11) is 0. The second-order valence-electron chi connectivity index (χ2n) is 20.9. The van der Waals surface area contributed by atoms with E-state index in [4.69, 9.17) is 0 Å². The maximum atomic E-state index is 2.58. The zero-order valence-electron chi connectivity index (χ0n) is 42.1. The van der Waals surface area contributed by atoms with E-state index in [2.05, 4.69) is 264 Å². The highest BCUT2D eigenvalue weighted by atomic mass is 32.1. The molecule has 0 atom stereocenters. The number of thiophene rings is 3. The number of para-hydroxylation sites is 3. The van der Waals surface area contributed by atoms with Gasteiger partial charge >= 0.3 is 0 Å². The fourth-order valence-electron chi connectivity index (χ4n) is 13.4. The van der Waals surface area contributed by atoms with Crippen LogP contribution in [0.3, 0.4) is 0 Å². The SMILES string of the molecule is Cc1cc2c3c(c1)N(c1ccccc1)c1c(sc4ccccc14)B3c1ccccc1N2c1ccc(-c2ccc(N3c4cc(C)cc5c4B(c4sc6ccccc6c4N5c4ccccc4)c4sc5ccccc5c43)cc2)cc1. The van der Waals surface area contributed by atoms with Gasteiger partial charge in [-0.25, -0.2) is 0 Å². The molecule has 3 aromatic heterocycles. The van der Waals surface area contributed by atoms with Crippen molar-refractivity contribution in [3.8, 4) is 11.1 Å². The van der Waals surface area contributed by atoms with Gasteiger partial charge in [0.25, 0.3) is 13.4 Å². The van der Waals surface area contributed by atoms with Crippen molar-refractivity contribution in [2.24, 2.45) is 0 Å². The molecule has 360 valence electrons. The van der Waals surface area contributed by atoms with Gasteiger partial charge in [-0.2, -0.15) is 0 Å². The minimum absolute atomic E-state index is 0.105. The highest BCUT2D eigenvalue weighted by Gasteiger charge is 2.48. The van der Waals surface area contributed by atoms with Crippen LogP contribution in [0.4, 0.5) is 68.2 Å². The topological polar surface area (TPSA) is 13.0 Å². The summed E-state index contributed by atoms with van der Waals surface area (Å²) in [4.78, 5) is 10.2. The summed E-state index contributed by atoms with van der Waals surface area (Å²) < 4.78 is 8.17. The summed E-state index contributed by atoms with van der Waals surface area (Å²) in [6.45, 7) is 4.72. The van der Waals surface area contributed by atoms with Crippen molar-refractivity contribution in [2.75, 3.05) is 19.6 Å². The number of anilines is 12. The summed E-state index contributed by atoms with van der Waals surface area (Å²) in [6, 6.07) is 86.3. The standard InChI is InChI=1S/C68H44B2N4S3/c1-41-37-54-61-55(38-41)72(45-17-5-3-6-18-45)63-49-21-9-14-26-58(49)75-66(63)69(61)52-24-12-13-25-53(52)71(54)47-33-29-43(30-34-47)44-31-35-48(36-32-44)74-57-40-42(2)39-56-62(57)70(68-65(74)51-23-11-16-28-60(51)77-68)67-64(50-22-10-15-27-59(50)76-67)73(56)46-19-7-4-8-20-46/h3-40H,1-2H3. The van der Waals surface area contributed by atoms with Crippen LogP contribution < -0.4 is 50.3 Å². The maximum absolute atomic E-state index is 2.58. The molecule has 4 aliphatic heterocycles. The Morgan fingerprint density at radius 2 is 0.636 bits per heavy atom. The van der Waals surface area contributed by atoms with Crippen LogP contribution in [0.2, 0.25) is 0 Å². The van der Waals surface area contributed by atoms with E-state index in [9.17, 15) is 0 Å². The fourth-order valence-corrected chi connectivity index (χ4v) is 17.4. The highest BCUT2D eigenvalue weighted by molar-refractivity contribution is 7.41. The number of hydrogen-bond donors (Lipinski definition) is 0. The predicted octanol–water partition coefficient (Wildman–Crippen LogP) is 15.8. The molecule has 17 rings (SSSR count). The minimum Gasteiger partial charge on any atom is -0.311 e. The molecule has 7 heterocycles. The van der Waals surface area contributed by atoms with Gasteiger partial charge < -0.3 is 19.6 Å². The molecule has 0 saturated heterocycles. The van der Waals surface area contributed by atoms with Crippen LogP contribution in [-0.2, 0) is 0 Å². The van der Waals surface area contributed by atoms with Crippen LogP contribution in [0.25, 0.3) is 41.4 Å². The van der Waals surface area contributed by atoms with E-state index < -0.39 is 0 Å². The first-order chi connectivity index (χ1) is 38.0. The molecule has 10 aromatic carbocycles. The Bertz CT molecular complexity index is 4580. The Hall–Kier alpha value is -8.59. The Morgan fingerprint density at radius 3 is 1.09 bits per heavy atom. The average molecular weight is 1030 g/mol. The van der Waals surface area contributed by atoms with E-state index >= 15 is 0 Å². The van der Waals surface area contributed by atoms with Gasteiger partial charge in [0, 0.05) is 95.8 Å². The number of benzene rings is 10. The van der Waals surface area contributed by atoms with E-state index in [0.717, 1.165) is 11.4 Å². The molecule has 0 saturated carbocycles. The third-order valence-electron chi connectivity index (χ3n) is 16.4. The van der Waals surface area contributed by atoms with Gasteiger partial charge in [-0.3, -0.25) is 0 Å². The van der Waals surface area contributed by atoms with Crippen LogP contribution >= 0.6 is 34.0 Å². The molecule has 0 aliphatic carbocycles. The lowest BCUT2D eigenvalue weighted by molar-refractivity contribution is 1.25. The lowest BCUT2D eigenvalue weighted by Gasteiger charge is -2.43. The Labute approximate surface area is 459 Å². The molecule has 4 nitrogen and oxygen atoms in total. The molecule has 0 unspecified atom stereocenters. The smallest absolute Gasteiger partial charge is 0.277 e. The summed E-state index contributed by atoms with van der Waals surface area (Å²) in [6.07, 6.45) is 0. The van der Waals surface area contributed by atoms with E-state index in [-0.39, 0.29) is 13.4 Å². The summed E-state index contributed by atoms with van der Waals surface area (Å²) >= 11 is 5.86. The van der Waals surface area contributed by atoms with E-state index in [1.165, 1.54) is 140 Å². The van der Waals surface area contributed by atoms with Gasteiger partial charge in [0.05, 0.1) is 17.1 Å². The van der Waals surface area contributed by atoms with Crippen LogP contribution in [0.15, 0.2) is 231 Å². The molecule has 4 aliphatic rings. The second kappa shape index (κ2) is 16.5. The summed E-state index contributed by atoms with van der Waals surface area (Å²) in [5.74, 6) is 0. The first-order valence-corrected chi connectivity index (χ1v) is 28.9. The van der Waals surface area contributed by atoms with Crippen LogP contribution in [-0.4, -0.2) is 13.4 Å². The van der Waals surface area contributed by atoms with Crippen molar-refractivity contribution < 1.29 is 0 Å². The Balaban J connectivity index is 0.786. The normalized spacial score (nSPS) is 13.7. The zero-order valence-corrected chi connectivity index (χ0v) is 44.6. The Kier molecular flexibility index (Phi) is 9.32. The van der Waals surface area contributed by atoms with Gasteiger partial charge in [0.1, 0.15) is 0 Å². The highest BCUT2D eigenvalue weighted by Crippen LogP contribution is 2.52. The van der Waals surface area contributed by atoms with Crippen molar-refractivity contribution in [2.45, 2.75) is 13.8 Å².